The zero-order chi connectivity index (χ0) is 17.4. The molecule has 0 saturated carbocycles. The third kappa shape index (κ3) is 5.08. The van der Waals surface area contributed by atoms with Crippen LogP contribution in [0.15, 0.2) is 48.8 Å². The van der Waals surface area contributed by atoms with Crippen LogP contribution >= 0.6 is 0 Å². The van der Waals surface area contributed by atoms with Crippen LogP contribution in [-0.2, 0) is 6.54 Å². The smallest absolute Gasteiger partial charge is 0.319 e. The minimum atomic E-state index is -0.297. The predicted molar refractivity (Wildman–Crippen MR) is 93.8 cm³/mol. The number of nitrogens with one attached hydrogen (secondary N) is 2. The maximum Gasteiger partial charge on any atom is 0.319 e. The zero-order valence-electron chi connectivity index (χ0n) is 14.0. The van der Waals surface area contributed by atoms with Crippen molar-refractivity contribution in [3.05, 3.63) is 59.9 Å². The Morgan fingerprint density at radius 1 is 1.08 bits per heavy atom. The topological polar surface area (TPSA) is 74.3 Å². The SMILES string of the molecule is CCCN(C)C(=O)c1ccc(NC(=O)NCc2ccncc2)cc1. The molecule has 1 aromatic carbocycles. The van der Waals surface area contributed by atoms with Crippen molar-refractivity contribution in [1.82, 2.24) is 15.2 Å². The van der Waals surface area contributed by atoms with Gasteiger partial charge in [-0.15, -0.1) is 0 Å². The Kier molecular flexibility index (Phi) is 6.31. The lowest BCUT2D eigenvalue weighted by Crippen LogP contribution is -2.28. The highest BCUT2D eigenvalue weighted by Crippen LogP contribution is 2.11. The van der Waals surface area contributed by atoms with Crippen molar-refractivity contribution < 1.29 is 9.59 Å². The van der Waals surface area contributed by atoms with E-state index < -0.39 is 0 Å². The fraction of sp³-hybridized carbons (Fsp3) is 0.278. The van der Waals surface area contributed by atoms with Crippen LogP contribution in [0, 0.1) is 0 Å². The third-order valence-corrected chi connectivity index (χ3v) is 3.50. The van der Waals surface area contributed by atoms with E-state index in [2.05, 4.69) is 15.6 Å². The van der Waals surface area contributed by atoms with E-state index in [0.717, 1.165) is 18.5 Å². The molecular weight excluding hydrogens is 304 g/mol. The van der Waals surface area contributed by atoms with Crippen molar-refractivity contribution in [1.29, 1.82) is 0 Å². The van der Waals surface area contributed by atoms with Crippen LogP contribution in [0.3, 0.4) is 0 Å². The number of amides is 3. The van der Waals surface area contributed by atoms with Crippen LogP contribution < -0.4 is 10.6 Å². The summed E-state index contributed by atoms with van der Waals surface area (Å²) in [6, 6.07) is 10.3. The first-order valence-electron chi connectivity index (χ1n) is 7.89. The number of anilines is 1. The molecule has 0 aliphatic rings. The van der Waals surface area contributed by atoms with Crippen LogP contribution in [0.25, 0.3) is 0 Å². The van der Waals surface area contributed by atoms with E-state index in [4.69, 9.17) is 0 Å². The number of nitrogens with zero attached hydrogens (tertiary/aromatic N) is 2. The van der Waals surface area contributed by atoms with Gasteiger partial charge in [-0.3, -0.25) is 9.78 Å². The van der Waals surface area contributed by atoms with E-state index in [1.165, 1.54) is 0 Å². The van der Waals surface area contributed by atoms with Crippen molar-refractivity contribution in [3.8, 4) is 0 Å². The molecule has 2 N–H and O–H groups in total. The van der Waals surface area contributed by atoms with E-state index in [1.807, 2.05) is 19.1 Å². The van der Waals surface area contributed by atoms with Gasteiger partial charge in [-0.2, -0.15) is 0 Å². The highest BCUT2D eigenvalue weighted by Gasteiger charge is 2.10. The summed E-state index contributed by atoms with van der Waals surface area (Å²) in [5.41, 5.74) is 2.21. The molecule has 1 aromatic heterocycles. The molecule has 0 radical (unpaired) electrons. The van der Waals surface area contributed by atoms with Crippen LogP contribution in [0.2, 0.25) is 0 Å². The van der Waals surface area contributed by atoms with Gasteiger partial charge in [-0.05, 0) is 48.4 Å². The average Bonchev–Trinajstić information content (AvgIpc) is 2.61. The zero-order valence-corrected chi connectivity index (χ0v) is 14.0. The van der Waals surface area contributed by atoms with Crippen LogP contribution in [0.4, 0.5) is 10.5 Å². The van der Waals surface area contributed by atoms with Gasteiger partial charge in [0.05, 0.1) is 0 Å². The van der Waals surface area contributed by atoms with E-state index in [-0.39, 0.29) is 11.9 Å². The first-order chi connectivity index (χ1) is 11.6. The molecule has 3 amide bonds. The minimum Gasteiger partial charge on any atom is -0.342 e. The summed E-state index contributed by atoms with van der Waals surface area (Å²) in [5, 5.41) is 5.51. The molecule has 1 heterocycles. The molecule has 2 aromatic rings. The number of rotatable bonds is 6. The summed E-state index contributed by atoms with van der Waals surface area (Å²) in [7, 11) is 1.78. The molecule has 0 fully saturated rings. The maximum atomic E-state index is 12.1. The van der Waals surface area contributed by atoms with E-state index >= 15 is 0 Å². The van der Waals surface area contributed by atoms with Crippen molar-refractivity contribution in [3.63, 3.8) is 0 Å². The summed E-state index contributed by atoms with van der Waals surface area (Å²) in [5.74, 6) is -0.0226. The molecule has 24 heavy (non-hydrogen) atoms. The van der Waals surface area contributed by atoms with Crippen molar-refractivity contribution in [2.45, 2.75) is 19.9 Å². The fourth-order valence-electron chi connectivity index (χ4n) is 2.21. The van der Waals surface area contributed by atoms with Gasteiger partial charge in [0.2, 0.25) is 0 Å². The molecule has 0 bridgehead atoms. The van der Waals surface area contributed by atoms with E-state index in [9.17, 15) is 9.59 Å². The Morgan fingerprint density at radius 3 is 2.38 bits per heavy atom. The fourth-order valence-corrected chi connectivity index (χ4v) is 2.21. The van der Waals surface area contributed by atoms with Crippen LogP contribution in [-0.4, -0.2) is 35.4 Å². The lowest BCUT2D eigenvalue weighted by Gasteiger charge is -2.16. The molecule has 6 nitrogen and oxygen atoms in total. The van der Waals surface area contributed by atoms with E-state index in [0.29, 0.717) is 17.8 Å². The second kappa shape index (κ2) is 8.67. The van der Waals surface area contributed by atoms with Gasteiger partial charge >= 0.3 is 6.03 Å². The Labute approximate surface area is 141 Å². The number of benzene rings is 1. The molecule has 2 rings (SSSR count). The molecule has 126 valence electrons. The van der Waals surface area contributed by atoms with Gasteiger partial charge in [0.1, 0.15) is 0 Å². The second-order valence-electron chi connectivity index (χ2n) is 5.47. The van der Waals surface area contributed by atoms with Gasteiger partial charge in [-0.1, -0.05) is 6.92 Å². The van der Waals surface area contributed by atoms with Gasteiger partial charge in [0.15, 0.2) is 0 Å². The lowest BCUT2D eigenvalue weighted by atomic mass is 10.2. The molecule has 0 aliphatic heterocycles. The largest absolute Gasteiger partial charge is 0.342 e. The lowest BCUT2D eigenvalue weighted by molar-refractivity contribution is 0.0795. The first-order valence-corrected chi connectivity index (χ1v) is 7.89. The van der Waals surface area contributed by atoms with Crippen molar-refractivity contribution in [2.75, 3.05) is 18.9 Å². The molecule has 6 heteroatoms. The number of carbonyl (C=O) groups is 2. The summed E-state index contributed by atoms with van der Waals surface area (Å²) < 4.78 is 0. The average molecular weight is 326 g/mol. The van der Waals surface area contributed by atoms with Gasteiger partial charge in [-0.25, -0.2) is 4.79 Å². The third-order valence-electron chi connectivity index (χ3n) is 3.50. The van der Waals surface area contributed by atoms with Gasteiger partial charge in [0.25, 0.3) is 5.91 Å². The Morgan fingerprint density at radius 2 is 1.75 bits per heavy atom. The van der Waals surface area contributed by atoms with Gasteiger partial charge in [0, 0.05) is 43.8 Å². The Bertz CT molecular complexity index is 671. The number of hydrogen-bond donors (Lipinski definition) is 2. The molecule has 0 spiro atoms. The maximum absolute atomic E-state index is 12.1. The van der Waals surface area contributed by atoms with Crippen molar-refractivity contribution >= 4 is 17.6 Å². The molecule has 0 unspecified atom stereocenters. The highest BCUT2D eigenvalue weighted by molar-refractivity contribution is 5.95. The molecule has 0 aliphatic carbocycles. The van der Waals surface area contributed by atoms with Crippen LogP contribution in [0.5, 0.6) is 0 Å². The molecule has 0 saturated heterocycles. The highest BCUT2D eigenvalue weighted by atomic mass is 16.2. The molecule has 0 atom stereocenters. The summed E-state index contributed by atoms with van der Waals surface area (Å²) in [6.07, 6.45) is 4.28. The Balaban J connectivity index is 1.87. The van der Waals surface area contributed by atoms with E-state index in [1.54, 1.807) is 48.6 Å². The quantitative estimate of drug-likeness (QED) is 0.857. The summed E-state index contributed by atoms with van der Waals surface area (Å²) in [4.78, 5) is 29.6. The number of carbonyl (C=O) groups excluding carboxylic acids is 2. The van der Waals surface area contributed by atoms with Crippen molar-refractivity contribution in [2.24, 2.45) is 0 Å². The number of pyridine rings is 1. The summed E-state index contributed by atoms with van der Waals surface area (Å²) in [6.45, 7) is 3.17. The first kappa shape index (κ1) is 17.5. The summed E-state index contributed by atoms with van der Waals surface area (Å²) >= 11 is 0. The standard InChI is InChI=1S/C18H22N4O2/c1-3-12-22(2)17(23)15-4-6-16(7-5-15)21-18(24)20-13-14-8-10-19-11-9-14/h4-11H,3,12-13H2,1-2H3,(H2,20,21,24). The second-order valence-corrected chi connectivity index (χ2v) is 5.47. The predicted octanol–water partition coefficient (Wildman–Crippen LogP) is 2.89. The van der Waals surface area contributed by atoms with Crippen LogP contribution in [0.1, 0.15) is 29.3 Å². The normalized spacial score (nSPS) is 10.1. The minimum absolute atomic E-state index is 0.0226. The number of aromatic nitrogens is 1. The number of hydrogen-bond acceptors (Lipinski definition) is 3. The monoisotopic (exact) mass is 326 g/mol. The van der Waals surface area contributed by atoms with Gasteiger partial charge < -0.3 is 15.5 Å². The Hall–Kier alpha value is -2.89. The number of urea groups is 1. The molecular formula is C18H22N4O2.